The quantitative estimate of drug-likeness (QED) is 0.546. The van der Waals surface area contributed by atoms with E-state index in [1.165, 1.54) is 7.05 Å². The van der Waals surface area contributed by atoms with Gasteiger partial charge < -0.3 is 14.7 Å². The average Bonchev–Trinajstić information content (AvgIpc) is 3.26. The first-order valence-corrected chi connectivity index (χ1v) is 8.04. The lowest BCUT2D eigenvalue weighted by Gasteiger charge is -2.14. The number of hydrogen-bond donors (Lipinski definition) is 2. The van der Waals surface area contributed by atoms with Gasteiger partial charge >= 0.3 is 6.18 Å². The second kappa shape index (κ2) is 6.11. The molecule has 0 atom stereocenters. The maximum absolute atomic E-state index is 13.3. The van der Waals surface area contributed by atoms with Crippen LogP contribution >= 0.6 is 0 Å². The number of alkyl halides is 3. The average molecular weight is 373 g/mol. The lowest BCUT2D eigenvalue weighted by Crippen LogP contribution is -2.10. The van der Waals surface area contributed by atoms with E-state index < -0.39 is 11.7 Å². The SMILES string of the molecule is CNc1c(C(F)(F)F)cnc2[nH]cc(-c3ccc(-c4nnc(C)o4)cc3)c12. The molecule has 0 aliphatic rings. The van der Waals surface area contributed by atoms with Crippen molar-refractivity contribution in [3.8, 4) is 22.6 Å². The summed E-state index contributed by atoms with van der Waals surface area (Å²) in [6.45, 7) is 1.70. The topological polar surface area (TPSA) is 79.6 Å². The highest BCUT2D eigenvalue weighted by atomic mass is 19.4. The molecule has 0 radical (unpaired) electrons. The number of pyridine rings is 1. The standard InChI is InChI=1S/C18H14F3N5O/c1-9-25-26-17(27-9)11-5-3-10(4-6-11)12-7-23-16-14(12)15(22-2)13(8-24-16)18(19,20)21/h3-8H,1-2H3,(H2,22,23,24). The second-order valence-corrected chi connectivity index (χ2v) is 5.92. The van der Waals surface area contributed by atoms with Crippen molar-refractivity contribution >= 4 is 16.7 Å². The Bertz CT molecular complexity index is 1110. The number of benzene rings is 1. The Morgan fingerprint density at radius 2 is 1.78 bits per heavy atom. The number of H-pyrrole nitrogens is 1. The van der Waals surface area contributed by atoms with Gasteiger partial charge in [0.15, 0.2) is 0 Å². The summed E-state index contributed by atoms with van der Waals surface area (Å²) >= 11 is 0. The van der Waals surface area contributed by atoms with Gasteiger partial charge in [0, 0.05) is 37.5 Å². The molecular weight excluding hydrogens is 359 g/mol. The molecule has 0 fully saturated rings. The van der Waals surface area contributed by atoms with Gasteiger partial charge in [0.1, 0.15) is 5.65 Å². The molecule has 27 heavy (non-hydrogen) atoms. The van der Waals surface area contributed by atoms with Crippen molar-refractivity contribution in [2.45, 2.75) is 13.1 Å². The molecule has 4 aromatic rings. The number of fused-ring (bicyclic) bond motifs is 1. The number of aryl methyl sites for hydroxylation is 1. The maximum Gasteiger partial charge on any atom is 0.419 e. The zero-order chi connectivity index (χ0) is 19.2. The van der Waals surface area contributed by atoms with E-state index in [2.05, 4.69) is 25.5 Å². The highest BCUT2D eigenvalue weighted by Crippen LogP contribution is 2.41. The van der Waals surface area contributed by atoms with Crippen LogP contribution < -0.4 is 5.32 Å². The van der Waals surface area contributed by atoms with Crippen LogP contribution in [0.1, 0.15) is 11.5 Å². The molecule has 0 saturated heterocycles. The second-order valence-electron chi connectivity index (χ2n) is 5.92. The Morgan fingerprint density at radius 1 is 1.07 bits per heavy atom. The van der Waals surface area contributed by atoms with Crippen molar-refractivity contribution in [2.75, 3.05) is 12.4 Å². The first kappa shape index (κ1) is 17.1. The van der Waals surface area contributed by atoms with Crippen molar-refractivity contribution in [3.05, 3.63) is 48.1 Å². The molecule has 6 nitrogen and oxygen atoms in total. The predicted octanol–water partition coefficient (Wildman–Crippen LogP) is 4.65. The lowest BCUT2D eigenvalue weighted by molar-refractivity contribution is -0.137. The lowest BCUT2D eigenvalue weighted by atomic mass is 10.0. The van der Waals surface area contributed by atoms with Crippen LogP contribution in [-0.2, 0) is 6.18 Å². The van der Waals surface area contributed by atoms with Crippen molar-refractivity contribution < 1.29 is 17.6 Å². The van der Waals surface area contributed by atoms with E-state index in [0.717, 1.165) is 17.3 Å². The fourth-order valence-corrected chi connectivity index (χ4v) is 3.00. The summed E-state index contributed by atoms with van der Waals surface area (Å²) in [5.41, 5.74) is 1.62. The summed E-state index contributed by atoms with van der Waals surface area (Å²) in [4.78, 5) is 6.85. The molecular formula is C18H14F3N5O. The number of nitrogens with zero attached hydrogens (tertiary/aromatic N) is 3. The van der Waals surface area contributed by atoms with Crippen LogP contribution in [0.3, 0.4) is 0 Å². The molecule has 0 aliphatic carbocycles. The molecule has 0 saturated carbocycles. The number of aromatic amines is 1. The summed E-state index contributed by atoms with van der Waals surface area (Å²) in [6.07, 6.45) is -2.03. The Labute approximate surface area is 151 Å². The molecule has 0 spiro atoms. The number of halogens is 3. The van der Waals surface area contributed by atoms with Gasteiger partial charge in [0.2, 0.25) is 11.8 Å². The predicted molar refractivity (Wildman–Crippen MR) is 94.1 cm³/mol. The van der Waals surface area contributed by atoms with E-state index in [4.69, 9.17) is 4.42 Å². The Morgan fingerprint density at radius 3 is 2.37 bits per heavy atom. The summed E-state index contributed by atoms with van der Waals surface area (Å²) in [5.74, 6) is 0.838. The van der Waals surface area contributed by atoms with E-state index in [0.29, 0.717) is 28.4 Å². The monoisotopic (exact) mass is 373 g/mol. The summed E-state index contributed by atoms with van der Waals surface area (Å²) in [5, 5.41) is 10.8. The zero-order valence-electron chi connectivity index (χ0n) is 14.3. The minimum absolute atomic E-state index is 0.0136. The van der Waals surface area contributed by atoms with Gasteiger partial charge in [-0.25, -0.2) is 4.98 Å². The molecule has 4 rings (SSSR count). The van der Waals surface area contributed by atoms with Crippen LogP contribution in [0.4, 0.5) is 18.9 Å². The van der Waals surface area contributed by atoms with E-state index >= 15 is 0 Å². The fourth-order valence-electron chi connectivity index (χ4n) is 3.00. The van der Waals surface area contributed by atoms with Gasteiger partial charge in [-0.1, -0.05) is 12.1 Å². The van der Waals surface area contributed by atoms with Gasteiger partial charge in [-0.05, 0) is 17.7 Å². The molecule has 9 heteroatoms. The van der Waals surface area contributed by atoms with Crippen LogP contribution in [-0.4, -0.2) is 27.2 Å². The van der Waals surface area contributed by atoms with Crippen molar-refractivity contribution in [1.29, 1.82) is 0 Å². The van der Waals surface area contributed by atoms with Crippen LogP contribution in [0.5, 0.6) is 0 Å². The van der Waals surface area contributed by atoms with Crippen molar-refractivity contribution in [1.82, 2.24) is 20.2 Å². The molecule has 1 aromatic carbocycles. The third-order valence-corrected chi connectivity index (χ3v) is 4.23. The summed E-state index contributed by atoms with van der Waals surface area (Å²) in [6, 6.07) is 7.14. The number of anilines is 1. The van der Waals surface area contributed by atoms with Gasteiger partial charge in [-0.15, -0.1) is 10.2 Å². The third-order valence-electron chi connectivity index (χ3n) is 4.23. The smallest absolute Gasteiger partial charge is 0.419 e. The van der Waals surface area contributed by atoms with Gasteiger partial charge in [-0.2, -0.15) is 13.2 Å². The molecule has 0 aliphatic heterocycles. The van der Waals surface area contributed by atoms with Crippen molar-refractivity contribution in [2.24, 2.45) is 0 Å². The van der Waals surface area contributed by atoms with E-state index in [9.17, 15) is 13.2 Å². The normalized spacial score (nSPS) is 11.9. The number of aromatic nitrogens is 4. The molecule has 0 unspecified atom stereocenters. The van der Waals surface area contributed by atoms with Crippen LogP contribution in [0, 0.1) is 6.92 Å². The minimum Gasteiger partial charge on any atom is -0.421 e. The molecule has 3 heterocycles. The molecule has 2 N–H and O–H groups in total. The first-order valence-electron chi connectivity index (χ1n) is 8.04. The number of nitrogens with one attached hydrogen (secondary N) is 2. The van der Waals surface area contributed by atoms with Gasteiger partial charge in [-0.3, -0.25) is 0 Å². The molecule has 0 amide bonds. The largest absolute Gasteiger partial charge is 0.421 e. The highest BCUT2D eigenvalue weighted by Gasteiger charge is 2.35. The Balaban J connectivity index is 1.84. The Hall–Kier alpha value is -3.36. The van der Waals surface area contributed by atoms with Crippen LogP contribution in [0.2, 0.25) is 0 Å². The first-order chi connectivity index (χ1) is 12.9. The van der Waals surface area contributed by atoms with Crippen LogP contribution in [0.25, 0.3) is 33.6 Å². The van der Waals surface area contributed by atoms with E-state index in [1.54, 1.807) is 37.4 Å². The maximum atomic E-state index is 13.3. The van der Waals surface area contributed by atoms with E-state index in [-0.39, 0.29) is 5.69 Å². The van der Waals surface area contributed by atoms with Crippen LogP contribution in [0.15, 0.2) is 41.1 Å². The third kappa shape index (κ3) is 2.90. The van der Waals surface area contributed by atoms with E-state index in [1.807, 2.05) is 0 Å². The Kier molecular flexibility index (Phi) is 3.87. The molecule has 0 bridgehead atoms. The summed E-state index contributed by atoms with van der Waals surface area (Å²) in [7, 11) is 1.46. The minimum atomic E-state index is -4.51. The fraction of sp³-hybridized carbons (Fsp3) is 0.167. The highest BCUT2D eigenvalue weighted by molar-refractivity contribution is 6.03. The van der Waals surface area contributed by atoms with Crippen molar-refractivity contribution in [3.63, 3.8) is 0 Å². The number of rotatable bonds is 3. The molecule has 138 valence electrons. The van der Waals surface area contributed by atoms with Gasteiger partial charge in [0.05, 0.1) is 16.6 Å². The number of hydrogen-bond acceptors (Lipinski definition) is 5. The van der Waals surface area contributed by atoms with Gasteiger partial charge in [0.25, 0.3) is 0 Å². The zero-order valence-corrected chi connectivity index (χ0v) is 14.3. The summed E-state index contributed by atoms with van der Waals surface area (Å²) < 4.78 is 45.4. The molecule has 3 aromatic heterocycles.